The number of hydrogen-bond acceptors (Lipinski definition) is 7. The number of phosphoric acid groups is 1. The third-order valence-corrected chi connectivity index (χ3v) is 3.44. The van der Waals surface area contributed by atoms with E-state index < -0.39 is 26.3 Å². The highest BCUT2D eigenvalue weighted by molar-refractivity contribution is 7.45. The van der Waals surface area contributed by atoms with E-state index in [-0.39, 0.29) is 18.8 Å². The van der Waals surface area contributed by atoms with Crippen LogP contribution < -0.4 is 4.89 Å². The summed E-state index contributed by atoms with van der Waals surface area (Å²) >= 11 is 0. The number of hydrogen-bond donors (Lipinski definition) is 0. The van der Waals surface area contributed by atoms with Gasteiger partial charge < -0.3 is 28.0 Å². The molecule has 22 heavy (non-hydrogen) atoms. The Labute approximate surface area is 130 Å². The van der Waals surface area contributed by atoms with Crippen LogP contribution in [0.25, 0.3) is 0 Å². The van der Waals surface area contributed by atoms with E-state index in [0.29, 0.717) is 17.3 Å². The van der Waals surface area contributed by atoms with E-state index in [1.54, 1.807) is 0 Å². The Hall–Kier alpha value is -0.890. The minimum atomic E-state index is -4.54. The maximum Gasteiger partial charge on any atom is 0.268 e. The molecule has 0 fully saturated rings. The van der Waals surface area contributed by atoms with Gasteiger partial charge in [0, 0.05) is 0 Å². The van der Waals surface area contributed by atoms with Crippen molar-refractivity contribution in [1.82, 2.24) is 0 Å². The highest BCUT2D eigenvalue weighted by Gasteiger charge is 2.23. The third kappa shape index (κ3) is 9.94. The Balaban J connectivity index is 4.48. The molecule has 0 rings (SSSR count). The van der Waals surface area contributed by atoms with Gasteiger partial charge in [-0.2, -0.15) is 0 Å². The summed E-state index contributed by atoms with van der Waals surface area (Å²) in [5.41, 5.74) is 0.172. The zero-order chi connectivity index (χ0) is 17.4. The molecule has 0 aliphatic rings. The van der Waals surface area contributed by atoms with Gasteiger partial charge in [0.1, 0.15) is 32.1 Å². The summed E-state index contributed by atoms with van der Waals surface area (Å²) < 4.78 is 26.4. The minimum absolute atomic E-state index is 0.0431. The quantitative estimate of drug-likeness (QED) is 0.212. The first kappa shape index (κ1) is 21.1. The molecule has 0 aliphatic carbocycles. The number of rotatable bonds is 12. The normalized spacial score (nSPS) is 15.9. The minimum Gasteiger partial charge on any atom is -0.756 e. The standard InChI is InChI=1S/C13H24NO7P/c1-11(2)13(16)12(19-9-7-15)10-21-22(17,18)20-8-6-14(3,4)5/h7,12H,1,6,8-10H2,2-5H3. The van der Waals surface area contributed by atoms with Gasteiger partial charge in [-0.05, 0) is 12.5 Å². The third-order valence-electron chi connectivity index (χ3n) is 2.47. The molecule has 0 aliphatic heterocycles. The number of quaternary nitrogens is 1. The van der Waals surface area contributed by atoms with Crippen molar-refractivity contribution in [1.29, 1.82) is 0 Å². The lowest BCUT2D eigenvalue weighted by molar-refractivity contribution is -0.870. The molecule has 0 saturated carbocycles. The number of Topliss-reactive ketones (excluding diaryl/α,β-unsaturated/α-hetero) is 1. The zero-order valence-electron chi connectivity index (χ0n) is 13.4. The van der Waals surface area contributed by atoms with E-state index in [1.807, 2.05) is 21.1 Å². The molecular weight excluding hydrogens is 313 g/mol. The predicted octanol–water partition coefficient (Wildman–Crippen LogP) is -0.0765. The molecule has 0 N–H and O–H groups in total. The number of carbonyl (C=O) groups is 2. The van der Waals surface area contributed by atoms with Crippen LogP contribution in [-0.2, 0) is 27.9 Å². The molecule has 0 heterocycles. The lowest BCUT2D eigenvalue weighted by atomic mass is 10.1. The van der Waals surface area contributed by atoms with Gasteiger partial charge in [0.05, 0.1) is 27.7 Å². The van der Waals surface area contributed by atoms with Crippen molar-refractivity contribution in [3.8, 4) is 0 Å². The number of ketones is 1. The molecule has 0 spiro atoms. The van der Waals surface area contributed by atoms with Gasteiger partial charge in [0.2, 0.25) is 0 Å². The van der Waals surface area contributed by atoms with Gasteiger partial charge in [-0.3, -0.25) is 9.36 Å². The predicted molar refractivity (Wildman–Crippen MR) is 78.0 cm³/mol. The molecule has 0 saturated heterocycles. The molecule has 0 amide bonds. The van der Waals surface area contributed by atoms with Crippen LogP contribution in [0, 0.1) is 0 Å². The Bertz CT molecular complexity index is 444. The number of ether oxygens (including phenoxy) is 1. The van der Waals surface area contributed by atoms with Crippen LogP contribution in [0.5, 0.6) is 0 Å². The first-order valence-corrected chi connectivity index (χ1v) is 8.10. The lowest BCUT2D eigenvalue weighted by Crippen LogP contribution is -2.37. The van der Waals surface area contributed by atoms with Crippen LogP contribution in [0.15, 0.2) is 12.2 Å². The average Bonchev–Trinajstić information content (AvgIpc) is 2.36. The second-order valence-electron chi connectivity index (χ2n) is 5.72. The molecule has 0 bridgehead atoms. The van der Waals surface area contributed by atoms with Crippen LogP contribution in [0.4, 0.5) is 0 Å². The maximum atomic E-state index is 11.8. The van der Waals surface area contributed by atoms with Gasteiger partial charge in [-0.25, -0.2) is 0 Å². The van der Waals surface area contributed by atoms with Crippen LogP contribution in [0.3, 0.4) is 0 Å². The second-order valence-corrected chi connectivity index (χ2v) is 7.13. The van der Waals surface area contributed by atoms with E-state index in [1.165, 1.54) is 6.92 Å². The van der Waals surface area contributed by atoms with Gasteiger partial charge in [-0.1, -0.05) is 6.58 Å². The van der Waals surface area contributed by atoms with Gasteiger partial charge in [-0.15, -0.1) is 0 Å². The molecule has 9 heteroatoms. The number of likely N-dealkylation sites (N-methyl/N-ethyl adjacent to an activating group) is 1. The monoisotopic (exact) mass is 337 g/mol. The molecule has 0 radical (unpaired) electrons. The zero-order valence-corrected chi connectivity index (χ0v) is 14.3. The molecule has 128 valence electrons. The summed E-state index contributed by atoms with van der Waals surface area (Å²) in [6.45, 7) is 4.41. The van der Waals surface area contributed by atoms with Crippen LogP contribution >= 0.6 is 7.82 Å². The Morgan fingerprint density at radius 3 is 2.41 bits per heavy atom. The van der Waals surface area contributed by atoms with Crippen molar-refractivity contribution in [2.45, 2.75) is 13.0 Å². The number of carbonyl (C=O) groups excluding carboxylic acids is 2. The largest absolute Gasteiger partial charge is 0.756 e. The fourth-order valence-corrected chi connectivity index (χ4v) is 1.95. The van der Waals surface area contributed by atoms with Gasteiger partial charge >= 0.3 is 0 Å². The lowest BCUT2D eigenvalue weighted by Gasteiger charge is -2.28. The van der Waals surface area contributed by atoms with Crippen LogP contribution in [0.2, 0.25) is 0 Å². The fourth-order valence-electron chi connectivity index (χ4n) is 1.25. The van der Waals surface area contributed by atoms with E-state index in [9.17, 15) is 19.0 Å². The number of nitrogens with zero attached hydrogens (tertiary/aromatic N) is 1. The van der Waals surface area contributed by atoms with E-state index in [2.05, 4.69) is 11.1 Å². The molecule has 8 nitrogen and oxygen atoms in total. The molecule has 2 unspecified atom stereocenters. The first-order chi connectivity index (χ1) is 9.98. The average molecular weight is 337 g/mol. The highest BCUT2D eigenvalue weighted by atomic mass is 31.2. The smallest absolute Gasteiger partial charge is 0.268 e. The number of phosphoric ester groups is 1. The summed E-state index contributed by atoms with van der Waals surface area (Å²) in [4.78, 5) is 33.7. The summed E-state index contributed by atoms with van der Waals surface area (Å²) in [5.74, 6) is -0.534. The maximum absolute atomic E-state index is 11.8. The number of aldehydes is 1. The van der Waals surface area contributed by atoms with Crippen LogP contribution in [-0.4, -0.2) is 70.2 Å². The molecule has 0 aromatic heterocycles. The van der Waals surface area contributed by atoms with Crippen molar-refractivity contribution in [3.63, 3.8) is 0 Å². The highest BCUT2D eigenvalue weighted by Crippen LogP contribution is 2.38. The molecule has 2 atom stereocenters. The van der Waals surface area contributed by atoms with E-state index >= 15 is 0 Å². The second kappa shape index (κ2) is 9.29. The molecule has 0 aromatic carbocycles. The van der Waals surface area contributed by atoms with Gasteiger partial charge in [0.15, 0.2) is 5.78 Å². The van der Waals surface area contributed by atoms with Crippen molar-refractivity contribution >= 4 is 19.9 Å². The summed E-state index contributed by atoms with van der Waals surface area (Å²) in [5, 5.41) is 0. The van der Waals surface area contributed by atoms with E-state index in [0.717, 1.165) is 0 Å². The van der Waals surface area contributed by atoms with Crippen molar-refractivity contribution in [2.75, 3.05) is 47.5 Å². The Morgan fingerprint density at radius 2 is 1.95 bits per heavy atom. The van der Waals surface area contributed by atoms with E-state index in [4.69, 9.17) is 9.26 Å². The SMILES string of the molecule is C=C(C)C(=O)C(COP(=O)([O-])OCC[N+](C)(C)C)OCC=O. The summed E-state index contributed by atoms with van der Waals surface area (Å²) in [7, 11) is 1.11. The topological polar surface area (TPSA) is 102 Å². The summed E-state index contributed by atoms with van der Waals surface area (Å²) in [6.07, 6.45) is -0.764. The first-order valence-electron chi connectivity index (χ1n) is 6.64. The van der Waals surface area contributed by atoms with Crippen LogP contribution in [0.1, 0.15) is 6.92 Å². The molecule has 0 aromatic rings. The van der Waals surface area contributed by atoms with Crippen molar-refractivity contribution < 1.29 is 37.3 Å². The summed E-state index contributed by atoms with van der Waals surface area (Å²) in [6, 6.07) is 0. The molecular formula is C13H24NO7P. The Morgan fingerprint density at radius 1 is 1.36 bits per heavy atom. The Kier molecular flexibility index (Phi) is 8.92. The van der Waals surface area contributed by atoms with Crippen molar-refractivity contribution in [3.05, 3.63) is 12.2 Å². The van der Waals surface area contributed by atoms with Gasteiger partial charge in [0.25, 0.3) is 7.82 Å². The van der Waals surface area contributed by atoms with Crippen molar-refractivity contribution in [2.24, 2.45) is 0 Å². The fraction of sp³-hybridized carbons (Fsp3) is 0.692.